The first-order valence-electron chi connectivity index (χ1n) is 6.23. The molecule has 0 radical (unpaired) electrons. The van der Waals surface area contributed by atoms with Crippen molar-refractivity contribution in [3.05, 3.63) is 0 Å². The van der Waals surface area contributed by atoms with E-state index >= 15 is 0 Å². The minimum absolute atomic E-state index is 0.112. The van der Waals surface area contributed by atoms with Crippen molar-refractivity contribution in [2.45, 2.75) is 44.8 Å². The summed E-state index contributed by atoms with van der Waals surface area (Å²) in [6, 6.07) is 0. The van der Waals surface area contributed by atoms with Crippen LogP contribution < -0.4 is 0 Å². The second kappa shape index (κ2) is 4.81. The minimum Gasteiger partial charge on any atom is -0.393 e. The van der Waals surface area contributed by atoms with Crippen molar-refractivity contribution in [3.63, 3.8) is 0 Å². The number of nitrogens with zero attached hydrogens (tertiary/aromatic N) is 1. The van der Waals surface area contributed by atoms with Gasteiger partial charge >= 0.3 is 0 Å². The van der Waals surface area contributed by atoms with Gasteiger partial charge in [0.15, 0.2) is 0 Å². The van der Waals surface area contributed by atoms with Gasteiger partial charge in [0, 0.05) is 19.6 Å². The van der Waals surface area contributed by atoms with Gasteiger partial charge in [-0.2, -0.15) is 0 Å². The topological polar surface area (TPSA) is 43.7 Å². The highest BCUT2D eigenvalue weighted by molar-refractivity contribution is 4.83. The van der Waals surface area contributed by atoms with Crippen LogP contribution in [0.2, 0.25) is 0 Å². The maximum atomic E-state index is 9.92. The Labute approximate surface area is 92.1 Å². The van der Waals surface area contributed by atoms with E-state index in [1.165, 1.54) is 6.42 Å². The van der Waals surface area contributed by atoms with Crippen molar-refractivity contribution in [2.24, 2.45) is 11.8 Å². The summed E-state index contributed by atoms with van der Waals surface area (Å²) in [6.45, 7) is 5.05. The van der Waals surface area contributed by atoms with Crippen molar-refractivity contribution in [3.8, 4) is 0 Å². The molecule has 1 saturated heterocycles. The highest BCUT2D eigenvalue weighted by Gasteiger charge is 2.30. The molecule has 88 valence electrons. The molecule has 0 aromatic rings. The number of aliphatic hydroxyl groups is 2. The number of β-amino-alcohol motifs (C(OH)–C–C–N with tert-alkyl or cyclic N) is 1. The minimum atomic E-state index is -0.136. The van der Waals surface area contributed by atoms with Crippen molar-refractivity contribution < 1.29 is 10.2 Å². The monoisotopic (exact) mass is 213 g/mol. The summed E-state index contributed by atoms with van der Waals surface area (Å²) < 4.78 is 0. The van der Waals surface area contributed by atoms with Crippen LogP contribution in [0.5, 0.6) is 0 Å². The number of hydrogen-bond acceptors (Lipinski definition) is 3. The van der Waals surface area contributed by atoms with Gasteiger partial charge in [-0.25, -0.2) is 0 Å². The SMILES string of the molecule is CC1CCC(O)C(CN2CCC(O)C2)C1. The normalized spacial score (nSPS) is 43.4. The molecule has 1 heterocycles. The highest BCUT2D eigenvalue weighted by Crippen LogP contribution is 2.30. The van der Waals surface area contributed by atoms with Crippen LogP contribution in [0.3, 0.4) is 0 Å². The fraction of sp³-hybridized carbons (Fsp3) is 1.00. The third-order valence-corrected chi connectivity index (χ3v) is 3.94. The molecule has 4 unspecified atom stereocenters. The van der Waals surface area contributed by atoms with Crippen molar-refractivity contribution >= 4 is 0 Å². The Bertz CT molecular complexity index is 210. The lowest BCUT2D eigenvalue weighted by Crippen LogP contribution is -2.38. The summed E-state index contributed by atoms with van der Waals surface area (Å²) >= 11 is 0. The zero-order valence-electron chi connectivity index (χ0n) is 9.60. The maximum absolute atomic E-state index is 9.92. The van der Waals surface area contributed by atoms with Crippen LogP contribution in [0.25, 0.3) is 0 Å². The van der Waals surface area contributed by atoms with Gasteiger partial charge < -0.3 is 15.1 Å². The number of rotatable bonds is 2. The Morgan fingerprint density at radius 1 is 1.20 bits per heavy atom. The van der Waals surface area contributed by atoms with Gasteiger partial charge in [-0.05, 0) is 37.5 Å². The maximum Gasteiger partial charge on any atom is 0.0679 e. The summed E-state index contributed by atoms with van der Waals surface area (Å²) in [6.07, 6.45) is 3.93. The predicted molar refractivity (Wildman–Crippen MR) is 59.6 cm³/mol. The Kier molecular flexibility index (Phi) is 3.65. The zero-order valence-corrected chi connectivity index (χ0v) is 9.60. The molecule has 0 spiro atoms. The second-order valence-corrected chi connectivity index (χ2v) is 5.45. The molecule has 3 heteroatoms. The van der Waals surface area contributed by atoms with Crippen LogP contribution >= 0.6 is 0 Å². The summed E-state index contributed by atoms with van der Waals surface area (Å²) in [5.41, 5.74) is 0. The van der Waals surface area contributed by atoms with E-state index in [2.05, 4.69) is 11.8 Å². The first kappa shape index (κ1) is 11.4. The van der Waals surface area contributed by atoms with E-state index in [0.717, 1.165) is 44.8 Å². The Balaban J connectivity index is 1.82. The van der Waals surface area contributed by atoms with E-state index < -0.39 is 0 Å². The number of aliphatic hydroxyl groups excluding tert-OH is 2. The molecule has 3 nitrogen and oxygen atoms in total. The third kappa shape index (κ3) is 2.92. The summed E-state index contributed by atoms with van der Waals surface area (Å²) in [5.74, 6) is 1.19. The quantitative estimate of drug-likeness (QED) is 0.715. The smallest absolute Gasteiger partial charge is 0.0679 e. The Morgan fingerprint density at radius 3 is 2.67 bits per heavy atom. The van der Waals surface area contributed by atoms with Crippen LogP contribution in [0.15, 0.2) is 0 Å². The van der Waals surface area contributed by atoms with Gasteiger partial charge in [-0.1, -0.05) is 6.92 Å². The van der Waals surface area contributed by atoms with Gasteiger partial charge in [0.1, 0.15) is 0 Å². The van der Waals surface area contributed by atoms with E-state index in [4.69, 9.17) is 0 Å². The molecule has 4 atom stereocenters. The molecule has 0 aromatic carbocycles. The lowest BCUT2D eigenvalue weighted by molar-refractivity contribution is 0.0324. The van der Waals surface area contributed by atoms with Crippen LogP contribution in [-0.4, -0.2) is 47.0 Å². The molecular formula is C12H23NO2. The lowest BCUT2D eigenvalue weighted by Gasteiger charge is -2.34. The first-order valence-corrected chi connectivity index (χ1v) is 6.23. The average Bonchev–Trinajstić information content (AvgIpc) is 2.58. The molecule has 2 aliphatic rings. The zero-order chi connectivity index (χ0) is 10.8. The highest BCUT2D eigenvalue weighted by atomic mass is 16.3. The van der Waals surface area contributed by atoms with E-state index in [-0.39, 0.29) is 12.2 Å². The fourth-order valence-corrected chi connectivity index (χ4v) is 2.99. The lowest BCUT2D eigenvalue weighted by atomic mass is 9.80. The van der Waals surface area contributed by atoms with Crippen molar-refractivity contribution in [1.82, 2.24) is 4.90 Å². The predicted octanol–water partition coefficient (Wildman–Crippen LogP) is 0.850. The molecular weight excluding hydrogens is 190 g/mol. The third-order valence-electron chi connectivity index (χ3n) is 3.94. The molecule has 2 rings (SSSR count). The first-order chi connectivity index (χ1) is 7.15. The second-order valence-electron chi connectivity index (χ2n) is 5.45. The molecule has 0 aromatic heterocycles. The molecule has 1 aliphatic heterocycles. The standard InChI is InChI=1S/C12H23NO2/c1-9-2-3-12(15)10(6-9)7-13-5-4-11(14)8-13/h9-12,14-15H,2-8H2,1H3. The van der Waals surface area contributed by atoms with Gasteiger partial charge in [0.25, 0.3) is 0 Å². The largest absolute Gasteiger partial charge is 0.393 e. The molecule has 0 bridgehead atoms. The van der Waals surface area contributed by atoms with E-state index in [9.17, 15) is 10.2 Å². The van der Waals surface area contributed by atoms with Crippen LogP contribution in [0.4, 0.5) is 0 Å². The van der Waals surface area contributed by atoms with Crippen molar-refractivity contribution in [1.29, 1.82) is 0 Å². The van der Waals surface area contributed by atoms with Gasteiger partial charge in [-0.3, -0.25) is 0 Å². The number of hydrogen-bond donors (Lipinski definition) is 2. The van der Waals surface area contributed by atoms with E-state index in [1.54, 1.807) is 0 Å². The van der Waals surface area contributed by atoms with Crippen LogP contribution in [0, 0.1) is 11.8 Å². The van der Waals surface area contributed by atoms with Crippen molar-refractivity contribution in [2.75, 3.05) is 19.6 Å². The average molecular weight is 213 g/mol. The molecule has 1 aliphatic carbocycles. The van der Waals surface area contributed by atoms with Crippen LogP contribution in [-0.2, 0) is 0 Å². The molecule has 15 heavy (non-hydrogen) atoms. The van der Waals surface area contributed by atoms with Gasteiger partial charge in [-0.15, -0.1) is 0 Å². The van der Waals surface area contributed by atoms with E-state index in [0.29, 0.717) is 5.92 Å². The number of likely N-dealkylation sites (tertiary alicyclic amines) is 1. The summed E-state index contributed by atoms with van der Waals surface area (Å²) in [7, 11) is 0. The fourth-order valence-electron chi connectivity index (χ4n) is 2.99. The molecule has 2 N–H and O–H groups in total. The van der Waals surface area contributed by atoms with Crippen LogP contribution in [0.1, 0.15) is 32.6 Å². The van der Waals surface area contributed by atoms with E-state index in [1.807, 2.05) is 0 Å². The van der Waals surface area contributed by atoms with Gasteiger partial charge in [0.05, 0.1) is 12.2 Å². The molecule has 1 saturated carbocycles. The summed E-state index contributed by atoms with van der Waals surface area (Å²) in [4.78, 5) is 2.30. The molecule has 0 amide bonds. The Morgan fingerprint density at radius 2 is 2.00 bits per heavy atom. The Hall–Kier alpha value is -0.120. The van der Waals surface area contributed by atoms with Gasteiger partial charge in [0.2, 0.25) is 0 Å². The molecule has 2 fully saturated rings. The summed E-state index contributed by atoms with van der Waals surface area (Å²) in [5, 5.41) is 19.4.